The van der Waals surface area contributed by atoms with Gasteiger partial charge in [-0.25, -0.2) is 0 Å². The van der Waals surface area contributed by atoms with Gasteiger partial charge in [-0.15, -0.1) is 0 Å². The molecule has 0 heterocycles. The maximum Gasteiger partial charge on any atom is 0.162 e. The maximum atomic E-state index is 11.0. The van der Waals surface area contributed by atoms with Crippen LogP contribution in [-0.4, -0.2) is 13.7 Å². The number of quaternary nitrogens is 1. The molecule has 4 nitrogen and oxygen atoms in total. The summed E-state index contributed by atoms with van der Waals surface area (Å²) in [7, 11) is 1.62. The second kappa shape index (κ2) is 7.74. The molecule has 0 aliphatic heterocycles. The van der Waals surface area contributed by atoms with Crippen LogP contribution >= 0.6 is 0 Å². The highest BCUT2D eigenvalue weighted by atomic mass is 16.5. The third-order valence-corrected chi connectivity index (χ3v) is 2.90. The molecule has 2 N–H and O–H groups in total. The molecule has 1 aromatic rings. The number of nitrogens with two attached hydrogens (primary N) is 1. The second-order valence-corrected chi connectivity index (χ2v) is 3.92. The third-order valence-electron chi connectivity index (χ3n) is 2.90. The number of hydrogen-bond acceptors (Lipinski definition) is 3. The van der Waals surface area contributed by atoms with Crippen molar-refractivity contribution in [2.24, 2.45) is 0 Å². The molecule has 0 aliphatic carbocycles. The maximum absolute atomic E-state index is 11.0. The van der Waals surface area contributed by atoms with E-state index in [1.165, 1.54) is 0 Å². The normalized spacial score (nSPS) is 10.0. The summed E-state index contributed by atoms with van der Waals surface area (Å²) in [5, 5.41) is 11.0. The Hall–Kier alpha value is -1.52. The standard InChI is InChI=1S/C14H21NO3/c1-4-11(5-2)14(15-16)10-18-13-8-6-12(17-3)7-9-13/h6-9H,4-5,10,15H2,1-3H3. The highest BCUT2D eigenvalue weighted by molar-refractivity contribution is 5.31. The minimum absolute atomic E-state index is 0.326. The van der Waals surface area contributed by atoms with Crippen LogP contribution < -0.4 is 15.0 Å². The molecule has 0 spiro atoms. The van der Waals surface area contributed by atoms with E-state index in [2.05, 4.69) is 13.8 Å². The smallest absolute Gasteiger partial charge is 0.162 e. The van der Waals surface area contributed by atoms with E-state index in [1.807, 2.05) is 24.3 Å². The van der Waals surface area contributed by atoms with Crippen LogP contribution in [0.5, 0.6) is 11.5 Å². The molecule has 100 valence electrons. The number of hydroxylamine groups is 1. The van der Waals surface area contributed by atoms with E-state index in [1.54, 1.807) is 7.11 Å². The summed E-state index contributed by atoms with van der Waals surface area (Å²) in [5.74, 6) is 1.53. The van der Waals surface area contributed by atoms with Crippen molar-refractivity contribution < 1.29 is 15.0 Å². The zero-order valence-electron chi connectivity index (χ0n) is 11.2. The summed E-state index contributed by atoms with van der Waals surface area (Å²) in [6.45, 7) is 4.43. The van der Waals surface area contributed by atoms with Crippen molar-refractivity contribution in [1.82, 2.24) is 0 Å². The highest BCUT2D eigenvalue weighted by Crippen LogP contribution is 2.17. The van der Waals surface area contributed by atoms with Gasteiger partial charge in [-0.1, -0.05) is 13.8 Å². The van der Waals surface area contributed by atoms with Gasteiger partial charge in [0.2, 0.25) is 0 Å². The van der Waals surface area contributed by atoms with Gasteiger partial charge in [0.15, 0.2) is 6.61 Å². The minimum Gasteiger partial charge on any atom is -0.630 e. The van der Waals surface area contributed by atoms with Gasteiger partial charge in [-0.2, -0.15) is 0 Å². The Morgan fingerprint density at radius 1 is 1.11 bits per heavy atom. The highest BCUT2D eigenvalue weighted by Gasteiger charge is 2.06. The fourth-order valence-electron chi connectivity index (χ4n) is 1.76. The Kier molecular flexibility index (Phi) is 6.25. The summed E-state index contributed by atoms with van der Waals surface area (Å²) >= 11 is 0. The Bertz CT molecular complexity index is 379. The van der Waals surface area contributed by atoms with Gasteiger partial charge in [0.05, 0.1) is 7.11 Å². The summed E-state index contributed by atoms with van der Waals surface area (Å²) in [6.07, 6.45) is 1.77. The quantitative estimate of drug-likeness (QED) is 0.756. The van der Waals surface area contributed by atoms with E-state index in [9.17, 15) is 5.21 Å². The number of benzene rings is 1. The van der Waals surface area contributed by atoms with Crippen LogP contribution in [0, 0.1) is 5.21 Å². The monoisotopic (exact) mass is 251 g/mol. The average Bonchev–Trinajstić information content (AvgIpc) is 2.44. The van der Waals surface area contributed by atoms with Crippen LogP contribution in [0.1, 0.15) is 26.7 Å². The molecule has 0 bridgehead atoms. The van der Waals surface area contributed by atoms with Gasteiger partial charge in [-0.3, -0.25) is 0 Å². The fourth-order valence-corrected chi connectivity index (χ4v) is 1.76. The first kappa shape index (κ1) is 14.5. The van der Waals surface area contributed by atoms with Crippen molar-refractivity contribution in [2.75, 3.05) is 13.7 Å². The van der Waals surface area contributed by atoms with Crippen LogP contribution in [0.4, 0.5) is 0 Å². The molecule has 1 aromatic carbocycles. The van der Waals surface area contributed by atoms with Crippen molar-refractivity contribution in [3.63, 3.8) is 0 Å². The fraction of sp³-hybridized carbons (Fsp3) is 0.429. The lowest BCUT2D eigenvalue weighted by Crippen LogP contribution is -2.76. The van der Waals surface area contributed by atoms with Gasteiger partial charge in [0.1, 0.15) is 17.2 Å². The van der Waals surface area contributed by atoms with Crippen LogP contribution in [0.15, 0.2) is 35.5 Å². The molecule has 0 saturated heterocycles. The molecule has 0 aliphatic rings. The lowest BCUT2D eigenvalue weighted by atomic mass is 10.1. The molecule has 0 atom stereocenters. The topological polar surface area (TPSA) is 58.1 Å². The lowest BCUT2D eigenvalue weighted by molar-refractivity contribution is -0.540. The largest absolute Gasteiger partial charge is 0.630 e. The van der Waals surface area contributed by atoms with Crippen LogP contribution in [0.25, 0.3) is 0 Å². The number of methoxy groups -OCH3 is 1. The molecule has 4 heteroatoms. The second-order valence-electron chi connectivity index (χ2n) is 3.92. The zero-order chi connectivity index (χ0) is 13.4. The van der Waals surface area contributed by atoms with E-state index in [4.69, 9.17) is 9.47 Å². The molecule has 0 unspecified atom stereocenters. The zero-order valence-corrected chi connectivity index (χ0v) is 11.2. The molecule has 18 heavy (non-hydrogen) atoms. The number of ether oxygens (including phenoxy) is 2. The van der Waals surface area contributed by atoms with Crippen molar-refractivity contribution in [1.29, 1.82) is 0 Å². The van der Waals surface area contributed by atoms with E-state index >= 15 is 0 Å². The first-order valence-corrected chi connectivity index (χ1v) is 6.18. The molecule has 0 amide bonds. The van der Waals surface area contributed by atoms with Crippen LogP contribution in [-0.2, 0) is 0 Å². The van der Waals surface area contributed by atoms with Crippen molar-refractivity contribution in [3.8, 4) is 11.5 Å². The van der Waals surface area contributed by atoms with Crippen molar-refractivity contribution in [3.05, 3.63) is 40.7 Å². The van der Waals surface area contributed by atoms with Crippen LogP contribution in [0.2, 0.25) is 0 Å². The van der Waals surface area contributed by atoms with Crippen LogP contribution in [0.3, 0.4) is 0 Å². The van der Waals surface area contributed by atoms with E-state index in [0.717, 1.165) is 41.1 Å². The molecular formula is C14H21NO3. The summed E-state index contributed by atoms with van der Waals surface area (Å²) in [4.78, 5) is 0. The minimum atomic E-state index is 0.326. The van der Waals surface area contributed by atoms with E-state index in [-0.39, 0.29) is 0 Å². The third kappa shape index (κ3) is 4.05. The number of hydrogen-bond donors (Lipinski definition) is 1. The molecule has 0 saturated carbocycles. The predicted octanol–water partition coefficient (Wildman–Crippen LogP) is 2.21. The average molecular weight is 251 g/mol. The number of rotatable bonds is 7. The van der Waals surface area contributed by atoms with E-state index in [0.29, 0.717) is 6.61 Å². The molecule has 1 rings (SSSR count). The summed E-state index contributed by atoms with van der Waals surface area (Å²) < 4.78 is 10.7. The Balaban J connectivity index is 2.64. The predicted molar refractivity (Wildman–Crippen MR) is 71.4 cm³/mol. The molecule has 0 aromatic heterocycles. The first-order valence-electron chi connectivity index (χ1n) is 6.18. The van der Waals surface area contributed by atoms with Crippen molar-refractivity contribution in [2.45, 2.75) is 26.7 Å². The van der Waals surface area contributed by atoms with Gasteiger partial charge in [0, 0.05) is 0 Å². The van der Waals surface area contributed by atoms with Gasteiger partial charge in [0.25, 0.3) is 0 Å². The van der Waals surface area contributed by atoms with Crippen molar-refractivity contribution >= 4 is 0 Å². The van der Waals surface area contributed by atoms with Gasteiger partial charge >= 0.3 is 0 Å². The Morgan fingerprint density at radius 3 is 2.11 bits per heavy atom. The summed E-state index contributed by atoms with van der Waals surface area (Å²) in [6, 6.07) is 7.33. The molecule has 0 fully saturated rings. The van der Waals surface area contributed by atoms with Gasteiger partial charge in [-0.05, 0) is 42.7 Å². The Morgan fingerprint density at radius 2 is 1.67 bits per heavy atom. The first-order chi connectivity index (χ1) is 8.74. The number of allylic oxidation sites excluding steroid dienone is 1. The molecular weight excluding hydrogens is 230 g/mol. The SMILES string of the molecule is CCC(CC)=C(COc1ccc(OC)cc1)[NH2+][O-]. The van der Waals surface area contributed by atoms with Gasteiger partial charge < -0.3 is 20.2 Å². The molecule has 0 radical (unpaired) electrons. The van der Waals surface area contributed by atoms with E-state index < -0.39 is 0 Å². The lowest BCUT2D eigenvalue weighted by Gasteiger charge is -2.13. The summed E-state index contributed by atoms with van der Waals surface area (Å²) in [5.41, 5.74) is 2.79. The Labute approximate surface area is 108 Å².